The molecule has 0 radical (unpaired) electrons. The summed E-state index contributed by atoms with van der Waals surface area (Å²) in [6, 6.07) is 12.3. The molecule has 1 saturated heterocycles. The van der Waals surface area contributed by atoms with Crippen molar-refractivity contribution in [2.75, 3.05) is 14.2 Å². The molecular formula is C19H16ClNO4S. The van der Waals surface area contributed by atoms with Crippen molar-refractivity contribution in [3.05, 3.63) is 63.5 Å². The van der Waals surface area contributed by atoms with Gasteiger partial charge in [0.1, 0.15) is 11.5 Å². The number of thioether (sulfide) groups is 1. The Morgan fingerprint density at radius 1 is 1.04 bits per heavy atom. The minimum absolute atomic E-state index is 0.209. The van der Waals surface area contributed by atoms with Crippen LogP contribution in [-0.4, -0.2) is 30.3 Å². The van der Waals surface area contributed by atoms with Gasteiger partial charge in [-0.05, 0) is 53.2 Å². The molecule has 0 spiro atoms. The van der Waals surface area contributed by atoms with Crippen LogP contribution >= 0.6 is 23.4 Å². The van der Waals surface area contributed by atoms with Crippen LogP contribution in [0.15, 0.2) is 47.4 Å². The number of halogens is 1. The summed E-state index contributed by atoms with van der Waals surface area (Å²) in [6.07, 6.45) is 1.66. The highest BCUT2D eigenvalue weighted by atomic mass is 35.5. The highest BCUT2D eigenvalue weighted by molar-refractivity contribution is 8.18. The van der Waals surface area contributed by atoms with Gasteiger partial charge in [-0.2, -0.15) is 0 Å². The monoisotopic (exact) mass is 389 g/mol. The number of hydrogen-bond acceptors (Lipinski definition) is 5. The Balaban J connectivity index is 1.84. The second-order valence-electron chi connectivity index (χ2n) is 5.54. The lowest BCUT2D eigenvalue weighted by Gasteiger charge is -2.12. The maximum absolute atomic E-state index is 12.6. The van der Waals surface area contributed by atoms with Crippen LogP contribution < -0.4 is 9.47 Å². The second-order valence-corrected chi connectivity index (χ2v) is 6.97. The van der Waals surface area contributed by atoms with Crippen LogP contribution in [-0.2, 0) is 11.3 Å². The summed E-state index contributed by atoms with van der Waals surface area (Å²) in [5.41, 5.74) is 1.55. The molecule has 0 unspecified atom stereocenters. The fourth-order valence-corrected chi connectivity index (χ4v) is 3.44. The number of rotatable bonds is 5. The molecule has 2 amide bonds. The van der Waals surface area contributed by atoms with E-state index in [0.29, 0.717) is 21.4 Å². The number of amides is 2. The van der Waals surface area contributed by atoms with E-state index in [2.05, 4.69) is 0 Å². The normalized spacial score (nSPS) is 15.7. The van der Waals surface area contributed by atoms with Gasteiger partial charge in [0, 0.05) is 11.1 Å². The highest BCUT2D eigenvalue weighted by Gasteiger charge is 2.35. The molecule has 1 heterocycles. The third-order valence-electron chi connectivity index (χ3n) is 3.80. The number of carbonyl (C=O) groups is 2. The molecule has 0 saturated carbocycles. The summed E-state index contributed by atoms with van der Waals surface area (Å²) in [5, 5.41) is 0.306. The van der Waals surface area contributed by atoms with Gasteiger partial charge in [-0.25, -0.2) is 0 Å². The number of methoxy groups -OCH3 is 2. The Morgan fingerprint density at radius 3 is 2.23 bits per heavy atom. The standard InChI is InChI=1S/C19H16ClNO4S/c1-24-15-7-13(8-16(10-15)25-2)9-17-18(22)21(19(23)26-17)11-12-3-5-14(20)6-4-12/h3-10H,11H2,1-2H3/b17-9+. The van der Waals surface area contributed by atoms with E-state index in [1.165, 1.54) is 4.90 Å². The Bertz CT molecular complexity index is 857. The SMILES string of the molecule is COc1cc(/C=C2/SC(=O)N(Cc3ccc(Cl)cc3)C2=O)cc(OC)c1. The van der Waals surface area contributed by atoms with Crippen LogP contribution in [0.2, 0.25) is 5.02 Å². The van der Waals surface area contributed by atoms with Gasteiger partial charge in [-0.3, -0.25) is 14.5 Å². The molecule has 3 rings (SSSR count). The molecule has 134 valence electrons. The zero-order valence-corrected chi connectivity index (χ0v) is 15.8. The van der Waals surface area contributed by atoms with E-state index in [9.17, 15) is 9.59 Å². The smallest absolute Gasteiger partial charge is 0.293 e. The van der Waals surface area contributed by atoms with Crippen molar-refractivity contribution in [1.82, 2.24) is 4.90 Å². The van der Waals surface area contributed by atoms with Gasteiger partial charge >= 0.3 is 0 Å². The lowest BCUT2D eigenvalue weighted by molar-refractivity contribution is -0.123. The van der Waals surface area contributed by atoms with Crippen LogP contribution in [0, 0.1) is 0 Å². The first-order chi connectivity index (χ1) is 12.5. The minimum Gasteiger partial charge on any atom is -0.497 e. The molecule has 0 atom stereocenters. The van der Waals surface area contributed by atoms with Gasteiger partial charge in [0.2, 0.25) is 0 Å². The summed E-state index contributed by atoms with van der Waals surface area (Å²) < 4.78 is 10.5. The van der Waals surface area contributed by atoms with Gasteiger partial charge in [0.25, 0.3) is 11.1 Å². The average Bonchev–Trinajstić information content (AvgIpc) is 2.90. The number of benzene rings is 2. The lowest BCUT2D eigenvalue weighted by Crippen LogP contribution is -2.27. The molecule has 1 fully saturated rings. The Morgan fingerprint density at radius 2 is 1.65 bits per heavy atom. The first-order valence-electron chi connectivity index (χ1n) is 7.73. The van der Waals surface area contributed by atoms with Crippen LogP contribution in [0.5, 0.6) is 11.5 Å². The van der Waals surface area contributed by atoms with Crippen molar-refractivity contribution < 1.29 is 19.1 Å². The summed E-state index contributed by atoms with van der Waals surface area (Å²) in [7, 11) is 3.11. The fourth-order valence-electron chi connectivity index (χ4n) is 2.47. The second kappa shape index (κ2) is 7.85. The van der Waals surface area contributed by atoms with Crippen molar-refractivity contribution in [3.8, 4) is 11.5 Å². The Labute approximate surface area is 160 Å². The van der Waals surface area contributed by atoms with Gasteiger partial charge in [0.05, 0.1) is 25.7 Å². The van der Waals surface area contributed by atoms with Crippen LogP contribution in [0.3, 0.4) is 0 Å². The predicted octanol–water partition coefficient (Wildman–Crippen LogP) is 4.59. The van der Waals surface area contributed by atoms with Gasteiger partial charge in [-0.1, -0.05) is 23.7 Å². The van der Waals surface area contributed by atoms with Crippen molar-refractivity contribution in [2.45, 2.75) is 6.54 Å². The third kappa shape index (κ3) is 4.03. The quantitative estimate of drug-likeness (QED) is 0.700. The number of nitrogens with zero attached hydrogens (tertiary/aromatic N) is 1. The fraction of sp³-hybridized carbons (Fsp3) is 0.158. The van der Waals surface area contributed by atoms with E-state index in [4.69, 9.17) is 21.1 Å². The van der Waals surface area contributed by atoms with Crippen molar-refractivity contribution in [3.63, 3.8) is 0 Å². The van der Waals surface area contributed by atoms with Gasteiger partial charge in [-0.15, -0.1) is 0 Å². The van der Waals surface area contributed by atoms with E-state index < -0.39 is 0 Å². The number of carbonyl (C=O) groups excluding carboxylic acids is 2. The molecular weight excluding hydrogens is 374 g/mol. The zero-order chi connectivity index (χ0) is 18.7. The number of ether oxygens (including phenoxy) is 2. The molecule has 2 aromatic carbocycles. The Hall–Kier alpha value is -2.44. The van der Waals surface area contributed by atoms with E-state index in [1.807, 2.05) is 0 Å². The van der Waals surface area contributed by atoms with E-state index in [0.717, 1.165) is 22.9 Å². The van der Waals surface area contributed by atoms with Crippen molar-refractivity contribution in [1.29, 1.82) is 0 Å². The first kappa shape index (κ1) is 18.4. The highest BCUT2D eigenvalue weighted by Crippen LogP contribution is 2.34. The van der Waals surface area contributed by atoms with Crippen LogP contribution in [0.4, 0.5) is 4.79 Å². The molecule has 7 heteroatoms. The minimum atomic E-state index is -0.322. The molecule has 0 aromatic heterocycles. The zero-order valence-electron chi connectivity index (χ0n) is 14.2. The molecule has 0 N–H and O–H groups in total. The predicted molar refractivity (Wildman–Crippen MR) is 103 cm³/mol. The molecule has 1 aliphatic rings. The number of imide groups is 1. The van der Waals surface area contributed by atoms with E-state index in [1.54, 1.807) is 62.8 Å². The average molecular weight is 390 g/mol. The summed E-state index contributed by atoms with van der Waals surface area (Å²) >= 11 is 6.78. The lowest BCUT2D eigenvalue weighted by atomic mass is 10.1. The van der Waals surface area contributed by atoms with Crippen molar-refractivity contribution in [2.24, 2.45) is 0 Å². The maximum atomic E-state index is 12.6. The van der Waals surface area contributed by atoms with Crippen LogP contribution in [0.1, 0.15) is 11.1 Å². The van der Waals surface area contributed by atoms with Gasteiger partial charge in [0.15, 0.2) is 0 Å². The third-order valence-corrected chi connectivity index (χ3v) is 4.96. The largest absolute Gasteiger partial charge is 0.497 e. The molecule has 26 heavy (non-hydrogen) atoms. The van der Waals surface area contributed by atoms with Crippen molar-refractivity contribution >= 4 is 40.6 Å². The summed E-state index contributed by atoms with van der Waals surface area (Å²) in [4.78, 5) is 26.5. The number of hydrogen-bond donors (Lipinski definition) is 0. The first-order valence-corrected chi connectivity index (χ1v) is 8.92. The molecule has 1 aliphatic heterocycles. The Kier molecular flexibility index (Phi) is 5.54. The molecule has 5 nitrogen and oxygen atoms in total. The molecule has 0 aliphatic carbocycles. The summed E-state index contributed by atoms with van der Waals surface area (Å²) in [6.45, 7) is 0.209. The van der Waals surface area contributed by atoms with Gasteiger partial charge < -0.3 is 9.47 Å². The van der Waals surface area contributed by atoms with Crippen LogP contribution in [0.25, 0.3) is 6.08 Å². The molecule has 0 bridgehead atoms. The maximum Gasteiger partial charge on any atom is 0.293 e. The topological polar surface area (TPSA) is 55.8 Å². The van der Waals surface area contributed by atoms with E-state index >= 15 is 0 Å². The summed E-state index contributed by atoms with van der Waals surface area (Å²) in [5.74, 6) is 0.892. The van der Waals surface area contributed by atoms with E-state index in [-0.39, 0.29) is 17.7 Å². The molecule has 2 aromatic rings.